The molecule has 1 rings (SSSR count). The summed E-state index contributed by atoms with van der Waals surface area (Å²) in [5, 5.41) is 12.7. The van der Waals surface area contributed by atoms with E-state index in [1.54, 1.807) is 0 Å². The molecule has 0 aliphatic rings. The van der Waals surface area contributed by atoms with Crippen LogP contribution in [0.1, 0.15) is 18.9 Å². The summed E-state index contributed by atoms with van der Waals surface area (Å²) in [6, 6.07) is 10.2. The Hall–Kier alpha value is -1.71. The van der Waals surface area contributed by atoms with Crippen LogP contribution in [0.5, 0.6) is 0 Å². The van der Waals surface area contributed by atoms with E-state index in [1.165, 1.54) is 5.56 Å². The van der Waals surface area contributed by atoms with Crippen molar-refractivity contribution in [2.45, 2.75) is 19.8 Å². The van der Waals surface area contributed by atoms with Crippen LogP contribution in [-0.2, 0) is 6.42 Å². The van der Waals surface area contributed by atoms with Crippen LogP contribution < -0.4 is 11.3 Å². The van der Waals surface area contributed by atoms with Crippen LogP contribution in [0.3, 0.4) is 0 Å². The first-order valence-corrected chi connectivity index (χ1v) is 5.05. The van der Waals surface area contributed by atoms with E-state index in [9.17, 15) is 0 Å². The van der Waals surface area contributed by atoms with Gasteiger partial charge in [-0.05, 0) is 18.4 Å². The summed E-state index contributed by atoms with van der Waals surface area (Å²) in [5.41, 5.74) is 1.25. The lowest BCUT2D eigenvalue weighted by atomic mass is 9.96. The number of hydrogen-bond donors (Lipinski definition) is 2. The Morgan fingerprint density at radius 2 is 2.07 bits per heavy atom. The summed E-state index contributed by atoms with van der Waals surface area (Å²) in [6.45, 7) is 2.08. The number of amidine groups is 1. The van der Waals surface area contributed by atoms with Gasteiger partial charge in [0.15, 0.2) is 0 Å². The molecule has 1 aromatic carbocycles. The molecule has 0 amide bonds. The van der Waals surface area contributed by atoms with Gasteiger partial charge in [0.2, 0.25) is 0 Å². The van der Waals surface area contributed by atoms with E-state index in [1.807, 2.05) is 18.2 Å². The molecule has 0 heterocycles. The molecule has 1 atom stereocenters. The monoisotopic (exact) mass is 205 g/mol. The molecule has 0 spiro atoms. The van der Waals surface area contributed by atoms with E-state index in [0.29, 0.717) is 5.84 Å². The quantitative estimate of drug-likeness (QED) is 0.246. The molecule has 0 fully saturated rings. The van der Waals surface area contributed by atoms with Gasteiger partial charge in [-0.15, -0.1) is 0 Å². The molecule has 1 aromatic rings. The van der Waals surface area contributed by atoms with Gasteiger partial charge in [-0.2, -0.15) is 0 Å². The first-order valence-electron chi connectivity index (χ1n) is 5.05. The predicted molar refractivity (Wildman–Crippen MR) is 59.9 cm³/mol. The topological polar surface area (TPSA) is 76.3 Å². The molecule has 0 aromatic heterocycles. The van der Waals surface area contributed by atoms with Crippen molar-refractivity contribution in [3.8, 4) is 0 Å². The third-order valence-electron chi connectivity index (χ3n) is 2.41. The fourth-order valence-electron chi connectivity index (χ4n) is 1.50. The molecule has 0 radical (unpaired) electrons. The predicted octanol–water partition coefficient (Wildman–Crippen LogP) is 0.739. The van der Waals surface area contributed by atoms with Gasteiger partial charge in [0.05, 0.1) is 11.0 Å². The van der Waals surface area contributed by atoms with Crippen LogP contribution in [-0.4, -0.2) is 5.84 Å². The fraction of sp³-hybridized carbons (Fsp3) is 0.364. The van der Waals surface area contributed by atoms with Crippen molar-refractivity contribution in [1.82, 2.24) is 0 Å². The van der Waals surface area contributed by atoms with E-state index in [-0.39, 0.29) is 5.92 Å². The molecule has 0 saturated heterocycles. The van der Waals surface area contributed by atoms with Gasteiger partial charge >= 0.3 is 5.84 Å². The van der Waals surface area contributed by atoms with Gasteiger partial charge in [-0.1, -0.05) is 37.3 Å². The SMILES string of the molecule is CCC(Cc1ccccc1)C(=[NH2+])N=NN. The third-order valence-corrected chi connectivity index (χ3v) is 2.41. The summed E-state index contributed by atoms with van der Waals surface area (Å²) >= 11 is 0. The van der Waals surface area contributed by atoms with Crippen molar-refractivity contribution < 1.29 is 5.41 Å². The number of hydrogen-bond acceptors (Lipinski definition) is 1. The van der Waals surface area contributed by atoms with E-state index < -0.39 is 0 Å². The van der Waals surface area contributed by atoms with Crippen molar-refractivity contribution >= 4 is 5.84 Å². The highest BCUT2D eigenvalue weighted by atomic mass is 15.3. The highest BCUT2D eigenvalue weighted by Crippen LogP contribution is 2.12. The first-order chi connectivity index (χ1) is 7.27. The minimum absolute atomic E-state index is 0.208. The number of nitrogens with zero attached hydrogens (tertiary/aromatic N) is 2. The lowest BCUT2D eigenvalue weighted by Gasteiger charge is -2.07. The van der Waals surface area contributed by atoms with Gasteiger partial charge < -0.3 is 0 Å². The van der Waals surface area contributed by atoms with Crippen molar-refractivity contribution in [3.05, 3.63) is 35.9 Å². The van der Waals surface area contributed by atoms with E-state index in [4.69, 9.17) is 11.3 Å². The maximum absolute atomic E-state index is 5.76. The van der Waals surface area contributed by atoms with Gasteiger partial charge in [0.25, 0.3) is 0 Å². The van der Waals surface area contributed by atoms with Crippen molar-refractivity contribution in [2.75, 3.05) is 0 Å². The van der Waals surface area contributed by atoms with Gasteiger partial charge in [-0.25, -0.2) is 0 Å². The lowest BCUT2D eigenvalue weighted by Crippen LogP contribution is -2.43. The van der Waals surface area contributed by atoms with E-state index >= 15 is 0 Å². The minimum Gasteiger partial charge on any atom is -0.285 e. The van der Waals surface area contributed by atoms with Crippen molar-refractivity contribution in [2.24, 2.45) is 22.1 Å². The molecule has 80 valence electrons. The average molecular weight is 205 g/mol. The van der Waals surface area contributed by atoms with Crippen molar-refractivity contribution in [1.29, 1.82) is 0 Å². The normalized spacial score (nSPS) is 12.9. The van der Waals surface area contributed by atoms with Crippen LogP contribution >= 0.6 is 0 Å². The van der Waals surface area contributed by atoms with Crippen LogP contribution in [0.4, 0.5) is 0 Å². The second kappa shape index (κ2) is 5.90. The maximum atomic E-state index is 5.76. The summed E-state index contributed by atoms with van der Waals surface area (Å²) in [4.78, 5) is 0. The number of rotatable bonds is 4. The standard InChI is InChI=1S/C11H16N4/c1-2-10(11(12)14-15-13)8-9-6-4-3-5-7-9/h3-7,10H,2,8H2,1H3,(H3,12,13,14)/p+1. The molecular weight excluding hydrogens is 188 g/mol. The van der Waals surface area contributed by atoms with Crippen molar-refractivity contribution in [3.63, 3.8) is 0 Å². The van der Waals surface area contributed by atoms with Crippen LogP contribution in [0.15, 0.2) is 40.7 Å². The number of benzene rings is 1. The second-order valence-corrected chi connectivity index (χ2v) is 3.44. The van der Waals surface area contributed by atoms with E-state index in [0.717, 1.165) is 12.8 Å². The molecule has 15 heavy (non-hydrogen) atoms. The Bertz CT molecular complexity index is 332. The molecular formula is C11H17N4+. The number of nitrogens with two attached hydrogens (primary N) is 2. The van der Waals surface area contributed by atoms with Gasteiger partial charge in [0, 0.05) is 5.22 Å². The van der Waals surface area contributed by atoms with Gasteiger partial charge in [-0.3, -0.25) is 11.3 Å². The Balaban J connectivity index is 2.66. The Morgan fingerprint density at radius 3 is 2.60 bits per heavy atom. The average Bonchev–Trinajstić information content (AvgIpc) is 2.27. The Kier molecular flexibility index (Phi) is 4.47. The van der Waals surface area contributed by atoms with Gasteiger partial charge in [0.1, 0.15) is 0 Å². The molecule has 4 heteroatoms. The summed E-state index contributed by atoms with van der Waals surface area (Å²) in [5.74, 6) is 5.68. The summed E-state index contributed by atoms with van der Waals surface area (Å²) in [7, 11) is 0. The largest absolute Gasteiger partial charge is 0.322 e. The Labute approximate surface area is 89.7 Å². The maximum Gasteiger partial charge on any atom is 0.322 e. The molecule has 4 nitrogen and oxygen atoms in total. The molecule has 1 unspecified atom stereocenters. The molecule has 4 N–H and O–H groups in total. The molecule has 0 bridgehead atoms. The second-order valence-electron chi connectivity index (χ2n) is 3.44. The summed E-state index contributed by atoms with van der Waals surface area (Å²) in [6.07, 6.45) is 1.81. The Morgan fingerprint density at radius 1 is 1.40 bits per heavy atom. The molecule has 0 saturated carbocycles. The van der Waals surface area contributed by atoms with E-state index in [2.05, 4.69) is 29.4 Å². The lowest BCUT2D eigenvalue weighted by molar-refractivity contribution is -0.122. The van der Waals surface area contributed by atoms with Crippen LogP contribution in [0, 0.1) is 5.92 Å². The third kappa shape index (κ3) is 3.50. The first kappa shape index (κ1) is 11.4. The van der Waals surface area contributed by atoms with Crippen LogP contribution in [0.2, 0.25) is 0 Å². The summed E-state index contributed by atoms with van der Waals surface area (Å²) < 4.78 is 0. The smallest absolute Gasteiger partial charge is 0.285 e. The molecule has 0 aliphatic carbocycles. The minimum atomic E-state index is 0.208. The zero-order chi connectivity index (χ0) is 11.1. The molecule has 0 aliphatic heterocycles. The highest BCUT2D eigenvalue weighted by Gasteiger charge is 2.19. The zero-order valence-electron chi connectivity index (χ0n) is 8.93. The van der Waals surface area contributed by atoms with Crippen LogP contribution in [0.25, 0.3) is 0 Å². The highest BCUT2D eigenvalue weighted by molar-refractivity contribution is 5.79. The fourth-order valence-corrected chi connectivity index (χ4v) is 1.50. The zero-order valence-corrected chi connectivity index (χ0v) is 8.93.